The van der Waals surface area contributed by atoms with E-state index in [0.717, 1.165) is 19.3 Å². The minimum Gasteiger partial charge on any atom is -0.373 e. The Morgan fingerprint density at radius 1 is 1.50 bits per heavy atom. The van der Waals surface area contributed by atoms with Gasteiger partial charge in [-0.1, -0.05) is 17.7 Å². The number of nitro groups is 1. The fourth-order valence-electron chi connectivity index (χ4n) is 1.92. The summed E-state index contributed by atoms with van der Waals surface area (Å²) in [5.74, 6) is 0. The largest absolute Gasteiger partial charge is 0.373 e. The van der Waals surface area contributed by atoms with Crippen molar-refractivity contribution in [2.24, 2.45) is 0 Å². The molecule has 0 radical (unpaired) electrons. The summed E-state index contributed by atoms with van der Waals surface area (Å²) in [6.45, 7) is 2.06. The molecule has 16 heavy (non-hydrogen) atoms. The van der Waals surface area contributed by atoms with Gasteiger partial charge in [0, 0.05) is 11.6 Å². The monoisotopic (exact) mass is 240 g/mol. The first-order chi connectivity index (χ1) is 7.52. The van der Waals surface area contributed by atoms with Gasteiger partial charge in [0.05, 0.1) is 9.95 Å². The van der Waals surface area contributed by atoms with E-state index in [4.69, 9.17) is 11.6 Å². The molecule has 1 aromatic rings. The first-order valence-corrected chi connectivity index (χ1v) is 5.61. The van der Waals surface area contributed by atoms with Crippen molar-refractivity contribution in [3.63, 3.8) is 0 Å². The van der Waals surface area contributed by atoms with Gasteiger partial charge in [-0.05, 0) is 32.3 Å². The van der Waals surface area contributed by atoms with Gasteiger partial charge in [-0.2, -0.15) is 0 Å². The van der Waals surface area contributed by atoms with E-state index in [-0.39, 0.29) is 11.2 Å². The van der Waals surface area contributed by atoms with E-state index in [9.17, 15) is 10.1 Å². The third-order valence-corrected chi connectivity index (χ3v) is 3.39. The van der Waals surface area contributed by atoms with Crippen LogP contribution in [0.2, 0.25) is 5.02 Å². The molecule has 1 aromatic carbocycles. The maximum absolute atomic E-state index is 10.9. The van der Waals surface area contributed by atoms with Crippen LogP contribution in [0.15, 0.2) is 18.2 Å². The van der Waals surface area contributed by atoms with Crippen molar-refractivity contribution < 1.29 is 4.92 Å². The molecule has 0 aromatic heterocycles. The average molecular weight is 241 g/mol. The van der Waals surface area contributed by atoms with Crippen molar-refractivity contribution in [2.45, 2.75) is 31.7 Å². The van der Waals surface area contributed by atoms with Crippen LogP contribution < -0.4 is 5.32 Å². The maximum atomic E-state index is 10.9. The highest BCUT2D eigenvalue weighted by Gasteiger charge is 2.34. The highest BCUT2D eigenvalue weighted by molar-refractivity contribution is 6.33. The molecule has 0 saturated heterocycles. The van der Waals surface area contributed by atoms with Crippen LogP contribution >= 0.6 is 11.6 Å². The lowest BCUT2D eigenvalue weighted by atomic mass is 9.78. The van der Waals surface area contributed by atoms with Gasteiger partial charge < -0.3 is 5.32 Å². The Kier molecular flexibility index (Phi) is 2.76. The van der Waals surface area contributed by atoms with Gasteiger partial charge >= 0.3 is 0 Å². The van der Waals surface area contributed by atoms with Gasteiger partial charge in [-0.15, -0.1) is 0 Å². The Hall–Kier alpha value is -1.29. The molecule has 1 saturated carbocycles. The zero-order valence-corrected chi connectivity index (χ0v) is 9.75. The number of nitro benzene ring substituents is 1. The van der Waals surface area contributed by atoms with E-state index in [0.29, 0.717) is 10.7 Å². The third-order valence-electron chi connectivity index (χ3n) is 3.07. The van der Waals surface area contributed by atoms with Gasteiger partial charge in [-0.3, -0.25) is 10.1 Å². The minimum atomic E-state index is -0.407. The van der Waals surface area contributed by atoms with Crippen molar-refractivity contribution in [1.29, 1.82) is 0 Å². The second-order valence-electron chi connectivity index (χ2n) is 4.43. The van der Waals surface area contributed by atoms with Crippen LogP contribution in [0.4, 0.5) is 11.4 Å². The first kappa shape index (κ1) is 11.2. The molecular weight excluding hydrogens is 228 g/mol. The Morgan fingerprint density at radius 3 is 2.69 bits per heavy atom. The molecule has 0 atom stereocenters. The number of anilines is 1. The number of halogens is 1. The topological polar surface area (TPSA) is 55.2 Å². The number of rotatable bonds is 3. The van der Waals surface area contributed by atoms with Gasteiger partial charge in [0.2, 0.25) is 0 Å². The van der Waals surface area contributed by atoms with Crippen molar-refractivity contribution in [3.05, 3.63) is 33.3 Å². The van der Waals surface area contributed by atoms with Crippen molar-refractivity contribution >= 4 is 23.0 Å². The molecule has 4 nitrogen and oxygen atoms in total. The minimum absolute atomic E-state index is 0.0422. The molecule has 0 unspecified atom stereocenters. The molecule has 2 rings (SSSR count). The predicted molar refractivity (Wildman–Crippen MR) is 64.0 cm³/mol. The number of nitrogens with one attached hydrogen (secondary N) is 1. The second kappa shape index (κ2) is 3.94. The summed E-state index contributed by atoms with van der Waals surface area (Å²) in [5, 5.41) is 14.5. The summed E-state index contributed by atoms with van der Waals surface area (Å²) in [6, 6.07) is 4.73. The predicted octanol–water partition coefficient (Wildman–Crippen LogP) is 3.60. The lowest BCUT2D eigenvalue weighted by Gasteiger charge is -2.40. The molecule has 1 aliphatic rings. The van der Waals surface area contributed by atoms with Crippen molar-refractivity contribution in [1.82, 2.24) is 0 Å². The number of para-hydroxylation sites is 1. The Morgan fingerprint density at radius 2 is 2.19 bits per heavy atom. The Labute approximate surface area is 98.8 Å². The standard InChI is InChI=1S/C11H13ClN2O2/c1-11(6-3-7-11)13-10-8(12)4-2-5-9(10)14(15)16/h2,4-5,13H,3,6-7H2,1H3. The number of hydrogen-bond acceptors (Lipinski definition) is 3. The fraction of sp³-hybridized carbons (Fsp3) is 0.455. The molecule has 0 aliphatic heterocycles. The number of nitrogens with zero attached hydrogens (tertiary/aromatic N) is 1. The van der Waals surface area contributed by atoms with E-state index < -0.39 is 4.92 Å². The highest BCUT2D eigenvalue weighted by Crippen LogP contribution is 2.40. The van der Waals surface area contributed by atoms with Crippen LogP contribution in [-0.2, 0) is 0 Å². The highest BCUT2D eigenvalue weighted by atomic mass is 35.5. The number of benzene rings is 1. The lowest BCUT2D eigenvalue weighted by Crippen LogP contribution is -2.41. The fourth-order valence-corrected chi connectivity index (χ4v) is 2.14. The second-order valence-corrected chi connectivity index (χ2v) is 4.84. The van der Waals surface area contributed by atoms with Crippen LogP contribution in [0.5, 0.6) is 0 Å². The third kappa shape index (κ3) is 1.97. The summed E-state index contributed by atoms with van der Waals surface area (Å²) in [7, 11) is 0. The molecule has 86 valence electrons. The molecule has 0 spiro atoms. The van der Waals surface area contributed by atoms with Crippen LogP contribution in [0.25, 0.3) is 0 Å². The molecule has 0 amide bonds. The smallest absolute Gasteiger partial charge is 0.293 e. The van der Waals surface area contributed by atoms with Gasteiger partial charge in [-0.25, -0.2) is 0 Å². The zero-order chi connectivity index (χ0) is 11.8. The first-order valence-electron chi connectivity index (χ1n) is 5.23. The Balaban J connectivity index is 2.34. The maximum Gasteiger partial charge on any atom is 0.293 e. The molecule has 1 N–H and O–H groups in total. The zero-order valence-electron chi connectivity index (χ0n) is 9.00. The van der Waals surface area contributed by atoms with Gasteiger partial charge in [0.25, 0.3) is 5.69 Å². The summed E-state index contributed by atoms with van der Waals surface area (Å²) >= 11 is 5.99. The molecule has 0 heterocycles. The van der Waals surface area contributed by atoms with E-state index in [1.165, 1.54) is 6.07 Å². The van der Waals surface area contributed by atoms with Crippen molar-refractivity contribution in [2.75, 3.05) is 5.32 Å². The van der Waals surface area contributed by atoms with Crippen LogP contribution in [0.3, 0.4) is 0 Å². The van der Waals surface area contributed by atoms with Gasteiger partial charge in [0.15, 0.2) is 0 Å². The summed E-state index contributed by atoms with van der Waals surface area (Å²) in [4.78, 5) is 10.5. The van der Waals surface area contributed by atoms with E-state index in [1.54, 1.807) is 12.1 Å². The summed E-state index contributed by atoms with van der Waals surface area (Å²) < 4.78 is 0. The van der Waals surface area contributed by atoms with E-state index in [2.05, 4.69) is 12.2 Å². The average Bonchev–Trinajstić information content (AvgIpc) is 2.18. The molecule has 0 bridgehead atoms. The quantitative estimate of drug-likeness (QED) is 0.649. The molecule has 1 aliphatic carbocycles. The van der Waals surface area contributed by atoms with Crippen molar-refractivity contribution in [3.8, 4) is 0 Å². The van der Waals surface area contributed by atoms with Gasteiger partial charge in [0.1, 0.15) is 5.69 Å². The van der Waals surface area contributed by atoms with Crippen LogP contribution in [0, 0.1) is 10.1 Å². The lowest BCUT2D eigenvalue weighted by molar-refractivity contribution is -0.384. The summed E-state index contributed by atoms with van der Waals surface area (Å²) in [5.41, 5.74) is 0.437. The van der Waals surface area contributed by atoms with Crippen LogP contribution in [-0.4, -0.2) is 10.5 Å². The summed E-state index contributed by atoms with van der Waals surface area (Å²) in [6.07, 6.45) is 3.20. The molecule has 1 fully saturated rings. The molecule has 5 heteroatoms. The number of hydrogen-bond donors (Lipinski definition) is 1. The van der Waals surface area contributed by atoms with E-state index in [1.807, 2.05) is 0 Å². The normalized spacial score (nSPS) is 17.6. The van der Waals surface area contributed by atoms with Crippen LogP contribution in [0.1, 0.15) is 26.2 Å². The van der Waals surface area contributed by atoms with E-state index >= 15 is 0 Å². The SMILES string of the molecule is CC1(Nc2c(Cl)cccc2[N+](=O)[O-])CCC1. The Bertz CT molecular complexity index is 430. The molecular formula is C11H13ClN2O2.